The van der Waals surface area contributed by atoms with Crippen LogP contribution in [0.15, 0.2) is 29.6 Å². The molecule has 3 rings (SSSR count). The van der Waals surface area contributed by atoms with Crippen LogP contribution in [0.5, 0.6) is 0 Å². The lowest BCUT2D eigenvalue weighted by atomic mass is 10.2. The van der Waals surface area contributed by atoms with Crippen LogP contribution in [0.3, 0.4) is 0 Å². The van der Waals surface area contributed by atoms with Crippen molar-refractivity contribution in [1.29, 1.82) is 0 Å². The molecule has 100 valence electrons. The second kappa shape index (κ2) is 5.28. The number of carbonyl (C=O) groups excluding carboxylic acids is 1. The third kappa shape index (κ3) is 2.63. The number of fused-ring (bicyclic) bond motifs is 1. The van der Waals surface area contributed by atoms with Gasteiger partial charge in [-0.2, -0.15) is 0 Å². The molecule has 0 unspecified atom stereocenters. The lowest BCUT2D eigenvalue weighted by Crippen LogP contribution is -2.52. The van der Waals surface area contributed by atoms with E-state index in [1.54, 1.807) is 11.3 Å². The normalized spacial score (nSPS) is 17.7. The van der Waals surface area contributed by atoms with Gasteiger partial charge in [-0.05, 0) is 13.1 Å². The van der Waals surface area contributed by atoms with E-state index in [2.05, 4.69) is 17.4 Å². The van der Waals surface area contributed by atoms with Crippen LogP contribution in [-0.2, 0) is 0 Å². The Hall–Kier alpha value is -1.43. The lowest BCUT2D eigenvalue weighted by molar-refractivity contribution is 0.0664. The largest absolute Gasteiger partial charge is 0.304 e. The van der Waals surface area contributed by atoms with E-state index < -0.39 is 0 Å². The quantitative estimate of drug-likeness (QED) is 0.907. The number of likely N-dealkylation sites (N-methyl/N-ethyl adjacent to an activating group) is 1. The second-order valence-electron chi connectivity index (χ2n) is 4.88. The molecule has 2 heterocycles. The topological polar surface area (TPSA) is 35.6 Å². The van der Waals surface area contributed by atoms with Gasteiger partial charge >= 0.3 is 0 Å². The molecule has 0 radical (unpaired) electrons. The van der Waals surface area contributed by atoms with Crippen molar-refractivity contribution in [3.8, 4) is 0 Å². The molecule has 1 fully saturated rings. The van der Waals surface area contributed by atoms with Crippen molar-refractivity contribution in [1.82, 2.24) is 15.3 Å². The molecular formula is C14H17N3OS. The van der Waals surface area contributed by atoms with E-state index in [4.69, 9.17) is 0 Å². The van der Waals surface area contributed by atoms with Gasteiger partial charge in [0.2, 0.25) is 0 Å². The minimum atomic E-state index is 0.00185. The van der Waals surface area contributed by atoms with Crippen molar-refractivity contribution >= 4 is 27.3 Å². The number of carbonyl (C=O) groups is 1. The van der Waals surface area contributed by atoms with Crippen LogP contribution in [0.2, 0.25) is 0 Å². The number of piperazine rings is 1. The number of benzene rings is 1. The highest BCUT2D eigenvalue weighted by Gasteiger charge is 2.18. The summed E-state index contributed by atoms with van der Waals surface area (Å²) < 4.78 is 1.16. The number of rotatable bonds is 2. The molecule has 0 aliphatic carbocycles. The zero-order valence-corrected chi connectivity index (χ0v) is 11.7. The van der Waals surface area contributed by atoms with Crippen LogP contribution in [-0.4, -0.2) is 49.0 Å². The fraction of sp³-hybridized carbons (Fsp3) is 0.357. The molecule has 1 amide bonds. The summed E-state index contributed by atoms with van der Waals surface area (Å²) in [5, 5.41) is 4.99. The minimum absolute atomic E-state index is 0.00185. The molecular weight excluding hydrogens is 258 g/mol. The number of amides is 1. The molecule has 1 saturated heterocycles. The van der Waals surface area contributed by atoms with Crippen LogP contribution < -0.4 is 5.43 Å². The molecule has 0 spiro atoms. The zero-order chi connectivity index (χ0) is 13.2. The number of nitrogens with zero attached hydrogens (tertiary/aromatic N) is 2. The second-order valence-corrected chi connectivity index (χ2v) is 5.79. The first-order valence-electron chi connectivity index (χ1n) is 6.45. The standard InChI is InChI=1S/C14H17N3OS/c1-16-6-8-17(9-7-16)15-14(18)12-10-19-13-5-3-2-4-11(12)13/h2-5,10H,6-9H2,1H3,(H,15,18). The van der Waals surface area contributed by atoms with E-state index in [1.807, 2.05) is 34.7 Å². The smallest absolute Gasteiger partial charge is 0.267 e. The molecule has 1 aromatic carbocycles. The Morgan fingerprint density at radius 3 is 2.74 bits per heavy atom. The highest BCUT2D eigenvalue weighted by atomic mass is 32.1. The van der Waals surface area contributed by atoms with Gasteiger partial charge in [0.25, 0.3) is 5.91 Å². The van der Waals surface area contributed by atoms with Crippen LogP contribution in [0.4, 0.5) is 0 Å². The van der Waals surface area contributed by atoms with Gasteiger partial charge in [0.1, 0.15) is 0 Å². The summed E-state index contributed by atoms with van der Waals surface area (Å²) in [6, 6.07) is 8.03. The summed E-state index contributed by atoms with van der Waals surface area (Å²) in [6.07, 6.45) is 0. The fourth-order valence-electron chi connectivity index (χ4n) is 2.28. The monoisotopic (exact) mass is 275 g/mol. The van der Waals surface area contributed by atoms with Gasteiger partial charge in [-0.25, -0.2) is 5.01 Å². The highest BCUT2D eigenvalue weighted by Crippen LogP contribution is 2.25. The lowest BCUT2D eigenvalue weighted by Gasteiger charge is -2.32. The van der Waals surface area contributed by atoms with Crippen molar-refractivity contribution in [3.05, 3.63) is 35.2 Å². The molecule has 1 aromatic heterocycles. The summed E-state index contributed by atoms with van der Waals surface area (Å²) in [5.41, 5.74) is 3.79. The molecule has 0 saturated carbocycles. The first kappa shape index (κ1) is 12.6. The minimum Gasteiger partial charge on any atom is -0.304 e. The average Bonchev–Trinajstić information content (AvgIpc) is 2.85. The Bertz CT molecular complexity index is 587. The van der Waals surface area contributed by atoms with Gasteiger partial charge in [-0.1, -0.05) is 18.2 Å². The number of nitrogens with one attached hydrogen (secondary N) is 1. The molecule has 1 N–H and O–H groups in total. The Balaban J connectivity index is 1.73. The van der Waals surface area contributed by atoms with Crippen molar-refractivity contribution in [3.63, 3.8) is 0 Å². The number of hydrogen-bond donors (Lipinski definition) is 1. The molecule has 5 heteroatoms. The van der Waals surface area contributed by atoms with E-state index in [9.17, 15) is 4.79 Å². The maximum atomic E-state index is 12.3. The Morgan fingerprint density at radius 1 is 1.21 bits per heavy atom. The van der Waals surface area contributed by atoms with E-state index in [0.717, 1.165) is 41.8 Å². The van der Waals surface area contributed by atoms with Crippen molar-refractivity contribution < 1.29 is 4.79 Å². The molecule has 1 aliphatic heterocycles. The van der Waals surface area contributed by atoms with Gasteiger partial charge < -0.3 is 4.90 Å². The molecule has 1 aliphatic rings. The van der Waals surface area contributed by atoms with Crippen LogP contribution in [0.25, 0.3) is 10.1 Å². The van der Waals surface area contributed by atoms with Crippen LogP contribution in [0.1, 0.15) is 10.4 Å². The molecule has 0 bridgehead atoms. The Labute approximate surface area is 116 Å². The fourth-order valence-corrected chi connectivity index (χ4v) is 3.22. The Morgan fingerprint density at radius 2 is 1.95 bits per heavy atom. The Kier molecular flexibility index (Phi) is 3.50. The number of thiophene rings is 1. The predicted octanol–water partition coefficient (Wildman–Crippen LogP) is 1.79. The van der Waals surface area contributed by atoms with Crippen LogP contribution >= 0.6 is 11.3 Å². The summed E-state index contributed by atoms with van der Waals surface area (Å²) in [5.74, 6) is 0.00185. The first-order valence-corrected chi connectivity index (χ1v) is 7.33. The van der Waals surface area contributed by atoms with Gasteiger partial charge in [-0.15, -0.1) is 11.3 Å². The first-order chi connectivity index (χ1) is 9.24. The molecule has 19 heavy (non-hydrogen) atoms. The number of hydrazine groups is 1. The SMILES string of the molecule is CN1CCN(NC(=O)c2csc3ccccc23)CC1. The highest BCUT2D eigenvalue weighted by molar-refractivity contribution is 7.17. The summed E-state index contributed by atoms with van der Waals surface area (Å²) in [6.45, 7) is 3.74. The zero-order valence-electron chi connectivity index (χ0n) is 10.9. The third-order valence-electron chi connectivity index (χ3n) is 3.49. The third-order valence-corrected chi connectivity index (χ3v) is 4.45. The van der Waals surface area contributed by atoms with Gasteiger partial charge in [0, 0.05) is 41.6 Å². The average molecular weight is 275 g/mol. The predicted molar refractivity (Wildman–Crippen MR) is 78.4 cm³/mol. The molecule has 2 aromatic rings. The number of hydrogen-bond acceptors (Lipinski definition) is 4. The van der Waals surface area contributed by atoms with Crippen molar-refractivity contribution in [2.45, 2.75) is 0 Å². The van der Waals surface area contributed by atoms with Gasteiger partial charge in [0.15, 0.2) is 0 Å². The maximum absolute atomic E-state index is 12.3. The van der Waals surface area contributed by atoms with E-state index in [1.165, 1.54) is 0 Å². The van der Waals surface area contributed by atoms with Crippen molar-refractivity contribution in [2.24, 2.45) is 0 Å². The van der Waals surface area contributed by atoms with E-state index >= 15 is 0 Å². The summed E-state index contributed by atoms with van der Waals surface area (Å²) in [4.78, 5) is 14.6. The molecule has 0 atom stereocenters. The molecule has 4 nitrogen and oxygen atoms in total. The van der Waals surface area contributed by atoms with Gasteiger partial charge in [0.05, 0.1) is 5.56 Å². The summed E-state index contributed by atoms with van der Waals surface area (Å²) >= 11 is 1.62. The van der Waals surface area contributed by atoms with E-state index in [-0.39, 0.29) is 5.91 Å². The van der Waals surface area contributed by atoms with Crippen molar-refractivity contribution in [2.75, 3.05) is 33.2 Å². The van der Waals surface area contributed by atoms with Gasteiger partial charge in [-0.3, -0.25) is 10.2 Å². The van der Waals surface area contributed by atoms with E-state index in [0.29, 0.717) is 0 Å². The maximum Gasteiger partial charge on any atom is 0.267 e. The summed E-state index contributed by atoms with van der Waals surface area (Å²) in [7, 11) is 2.10. The van der Waals surface area contributed by atoms with Crippen LogP contribution in [0, 0.1) is 0 Å².